The summed E-state index contributed by atoms with van der Waals surface area (Å²) in [5.41, 5.74) is 0.0589. The molecule has 0 amide bonds. The highest BCUT2D eigenvalue weighted by Crippen LogP contribution is 2.27. The van der Waals surface area contributed by atoms with E-state index >= 15 is 0 Å². The van der Waals surface area contributed by atoms with E-state index in [1.54, 1.807) is 0 Å². The van der Waals surface area contributed by atoms with E-state index in [0.717, 1.165) is 12.1 Å². The fraction of sp³-hybridized carbons (Fsp3) is 0.222. The molecule has 0 saturated carbocycles. The Kier molecular flexibility index (Phi) is 4.21. The van der Waals surface area contributed by atoms with Crippen molar-refractivity contribution in [3.05, 3.63) is 28.2 Å². The highest BCUT2D eigenvalue weighted by Gasteiger charge is 2.31. The number of carbonyl (C=O) groups excluding carboxylic acids is 1. The average molecular weight is 317 g/mol. The van der Waals surface area contributed by atoms with Crippen molar-refractivity contribution in [3.8, 4) is 5.75 Å². The van der Waals surface area contributed by atoms with E-state index < -0.39 is 17.9 Å². The van der Waals surface area contributed by atoms with Crippen molar-refractivity contribution < 1.29 is 22.7 Å². The lowest BCUT2D eigenvalue weighted by molar-refractivity contribution is -0.274. The molecule has 0 unspecified atom stereocenters. The van der Waals surface area contributed by atoms with E-state index in [0.29, 0.717) is 4.47 Å². The standard InChI is InChI=1S/C9H5BrClF3O2/c10-6-1-5(8(15)4-11)2-7(3-6)16-9(12,13)14/h1-3H,4H2. The van der Waals surface area contributed by atoms with Crippen LogP contribution in [0.4, 0.5) is 13.2 Å². The van der Waals surface area contributed by atoms with Crippen LogP contribution < -0.4 is 4.74 Å². The first-order valence-corrected chi connectivity index (χ1v) is 5.30. The van der Waals surface area contributed by atoms with Crippen LogP contribution >= 0.6 is 27.5 Å². The van der Waals surface area contributed by atoms with Crippen LogP contribution in [0.5, 0.6) is 5.75 Å². The van der Waals surface area contributed by atoms with Crippen LogP contribution in [0.25, 0.3) is 0 Å². The Morgan fingerprint density at radius 1 is 1.38 bits per heavy atom. The average Bonchev–Trinajstić information content (AvgIpc) is 2.12. The molecule has 1 rings (SSSR count). The molecule has 1 aromatic carbocycles. The van der Waals surface area contributed by atoms with E-state index in [9.17, 15) is 18.0 Å². The van der Waals surface area contributed by atoms with E-state index in [1.165, 1.54) is 6.07 Å². The highest BCUT2D eigenvalue weighted by molar-refractivity contribution is 9.10. The van der Waals surface area contributed by atoms with Gasteiger partial charge in [0.2, 0.25) is 0 Å². The Hall–Kier alpha value is -0.750. The lowest BCUT2D eigenvalue weighted by atomic mass is 10.1. The van der Waals surface area contributed by atoms with Crippen molar-refractivity contribution in [3.63, 3.8) is 0 Å². The molecule has 0 bridgehead atoms. The van der Waals surface area contributed by atoms with Gasteiger partial charge in [-0.25, -0.2) is 0 Å². The molecule has 0 heterocycles. The molecule has 7 heteroatoms. The molecule has 0 saturated heterocycles. The minimum absolute atomic E-state index is 0.0589. The minimum Gasteiger partial charge on any atom is -0.406 e. The van der Waals surface area contributed by atoms with Crippen molar-refractivity contribution in [2.45, 2.75) is 6.36 Å². The SMILES string of the molecule is O=C(CCl)c1cc(Br)cc(OC(F)(F)F)c1. The fourth-order valence-electron chi connectivity index (χ4n) is 0.993. The smallest absolute Gasteiger partial charge is 0.406 e. The largest absolute Gasteiger partial charge is 0.573 e. The van der Waals surface area contributed by atoms with Gasteiger partial charge in [0, 0.05) is 10.0 Å². The first-order valence-electron chi connectivity index (χ1n) is 3.97. The van der Waals surface area contributed by atoms with Gasteiger partial charge in [0.1, 0.15) is 5.75 Å². The van der Waals surface area contributed by atoms with Gasteiger partial charge in [-0.2, -0.15) is 0 Å². The number of halogens is 5. The molecule has 88 valence electrons. The van der Waals surface area contributed by atoms with Gasteiger partial charge in [-0.05, 0) is 18.2 Å². The summed E-state index contributed by atoms with van der Waals surface area (Å²) in [6, 6.07) is 3.47. The summed E-state index contributed by atoms with van der Waals surface area (Å²) in [7, 11) is 0. The zero-order valence-corrected chi connectivity index (χ0v) is 9.99. The summed E-state index contributed by atoms with van der Waals surface area (Å²) in [6.45, 7) is 0. The van der Waals surface area contributed by atoms with Crippen LogP contribution in [0, 0.1) is 0 Å². The van der Waals surface area contributed by atoms with Gasteiger partial charge in [0.25, 0.3) is 0 Å². The summed E-state index contributed by atoms with van der Waals surface area (Å²) < 4.78 is 39.8. The maximum atomic E-state index is 11.9. The summed E-state index contributed by atoms with van der Waals surface area (Å²) in [4.78, 5) is 11.2. The Morgan fingerprint density at radius 3 is 2.50 bits per heavy atom. The number of carbonyl (C=O) groups is 1. The predicted octanol–water partition coefficient (Wildman–Crippen LogP) is 3.77. The minimum atomic E-state index is -4.79. The van der Waals surface area contributed by atoms with Crippen LogP contribution in [0.15, 0.2) is 22.7 Å². The van der Waals surface area contributed by atoms with Crippen LogP contribution in [0.3, 0.4) is 0 Å². The topological polar surface area (TPSA) is 26.3 Å². The zero-order valence-electron chi connectivity index (χ0n) is 7.65. The maximum absolute atomic E-state index is 11.9. The van der Waals surface area contributed by atoms with Crippen LogP contribution in [-0.4, -0.2) is 18.0 Å². The molecule has 0 aliphatic heterocycles. The molecular weight excluding hydrogens is 312 g/mol. The number of ether oxygens (including phenoxy) is 1. The van der Waals surface area contributed by atoms with E-state index in [4.69, 9.17) is 11.6 Å². The van der Waals surface area contributed by atoms with Crippen LogP contribution in [0.1, 0.15) is 10.4 Å². The molecule has 0 atom stereocenters. The molecule has 16 heavy (non-hydrogen) atoms. The summed E-state index contributed by atoms with van der Waals surface area (Å²) in [5, 5.41) is 0. The Balaban J connectivity index is 3.03. The summed E-state index contributed by atoms with van der Waals surface area (Å²) >= 11 is 8.27. The zero-order chi connectivity index (χ0) is 12.3. The second-order valence-corrected chi connectivity index (χ2v) is 3.96. The maximum Gasteiger partial charge on any atom is 0.573 e. The van der Waals surface area contributed by atoms with Crippen molar-refractivity contribution >= 4 is 33.3 Å². The van der Waals surface area contributed by atoms with Gasteiger partial charge >= 0.3 is 6.36 Å². The number of hydrogen-bond donors (Lipinski definition) is 0. The van der Waals surface area contributed by atoms with Gasteiger partial charge in [-0.1, -0.05) is 15.9 Å². The monoisotopic (exact) mass is 316 g/mol. The molecule has 0 radical (unpaired) electrons. The van der Waals surface area contributed by atoms with Crippen molar-refractivity contribution in [2.24, 2.45) is 0 Å². The molecular formula is C9H5BrClF3O2. The molecule has 0 spiro atoms. The molecule has 0 fully saturated rings. The molecule has 0 aliphatic rings. The molecule has 0 aliphatic carbocycles. The molecule has 0 N–H and O–H groups in total. The van der Waals surface area contributed by atoms with Gasteiger partial charge < -0.3 is 4.74 Å². The number of ketones is 1. The second kappa shape index (κ2) is 5.05. The second-order valence-electron chi connectivity index (χ2n) is 2.78. The quantitative estimate of drug-likeness (QED) is 0.626. The molecule has 1 aromatic rings. The van der Waals surface area contributed by atoms with Crippen molar-refractivity contribution in [1.82, 2.24) is 0 Å². The molecule has 2 nitrogen and oxygen atoms in total. The van der Waals surface area contributed by atoms with Crippen molar-refractivity contribution in [2.75, 3.05) is 5.88 Å². The number of alkyl halides is 4. The Morgan fingerprint density at radius 2 is 2.00 bits per heavy atom. The normalized spacial score (nSPS) is 11.3. The van der Waals surface area contributed by atoms with Crippen LogP contribution in [0.2, 0.25) is 0 Å². The number of Topliss-reactive ketones (excluding diaryl/α,β-unsaturated/α-hetero) is 1. The first-order chi connectivity index (χ1) is 7.31. The number of benzene rings is 1. The molecule has 0 aromatic heterocycles. The predicted molar refractivity (Wildman–Crippen MR) is 55.9 cm³/mol. The highest BCUT2D eigenvalue weighted by atomic mass is 79.9. The van der Waals surface area contributed by atoms with E-state index in [2.05, 4.69) is 20.7 Å². The lowest BCUT2D eigenvalue weighted by Gasteiger charge is -2.10. The third-order valence-electron chi connectivity index (χ3n) is 1.55. The van der Waals surface area contributed by atoms with Gasteiger partial charge in [-0.3, -0.25) is 4.79 Å². The first kappa shape index (κ1) is 13.3. The Labute approximate surface area is 102 Å². The Bertz CT molecular complexity index is 406. The summed E-state index contributed by atoms with van der Waals surface area (Å²) in [6.07, 6.45) is -4.79. The third-order valence-corrected chi connectivity index (χ3v) is 2.25. The number of rotatable bonds is 3. The summed E-state index contributed by atoms with van der Waals surface area (Å²) in [5.74, 6) is -1.24. The lowest BCUT2D eigenvalue weighted by Crippen LogP contribution is -2.17. The van der Waals surface area contributed by atoms with Crippen molar-refractivity contribution in [1.29, 1.82) is 0 Å². The van der Waals surface area contributed by atoms with Gasteiger partial charge in [0.15, 0.2) is 5.78 Å². The van der Waals surface area contributed by atoms with E-state index in [1.807, 2.05) is 0 Å². The van der Waals surface area contributed by atoms with Gasteiger partial charge in [0.05, 0.1) is 5.88 Å². The van der Waals surface area contributed by atoms with Crippen LogP contribution in [-0.2, 0) is 0 Å². The third kappa shape index (κ3) is 4.02. The number of hydrogen-bond acceptors (Lipinski definition) is 2. The fourth-order valence-corrected chi connectivity index (χ4v) is 1.62. The van der Waals surface area contributed by atoms with E-state index in [-0.39, 0.29) is 11.4 Å². The van der Waals surface area contributed by atoms with Gasteiger partial charge in [-0.15, -0.1) is 24.8 Å².